The van der Waals surface area contributed by atoms with Gasteiger partial charge in [-0.05, 0) is 37.6 Å². The van der Waals surface area contributed by atoms with Gasteiger partial charge in [-0.2, -0.15) is 5.10 Å². The molecule has 2 rings (SSSR count). The number of aryl methyl sites for hydroxylation is 1. The molecule has 5 heteroatoms. The van der Waals surface area contributed by atoms with Crippen LogP contribution in [0.5, 0.6) is 0 Å². The molecule has 0 radical (unpaired) electrons. The van der Waals surface area contributed by atoms with Gasteiger partial charge in [0.15, 0.2) is 5.78 Å². The second kappa shape index (κ2) is 5.87. The van der Waals surface area contributed by atoms with Crippen molar-refractivity contribution in [2.45, 2.75) is 33.7 Å². The Balaban J connectivity index is 2.37. The van der Waals surface area contributed by atoms with Gasteiger partial charge in [-0.1, -0.05) is 22.9 Å². The van der Waals surface area contributed by atoms with Crippen LogP contribution in [0.1, 0.15) is 40.7 Å². The number of hydrogen-bond acceptors (Lipinski definition) is 2. The van der Waals surface area contributed by atoms with Gasteiger partial charge >= 0.3 is 0 Å². The number of carbonyl (C=O) groups is 1. The summed E-state index contributed by atoms with van der Waals surface area (Å²) in [5.74, 6) is -0.201. The zero-order chi connectivity index (χ0) is 14.9. The first-order chi connectivity index (χ1) is 9.42. The SMILES string of the molecule is CCC(=O)c1c(C)nn(Cc2cc(F)cc(Br)c2)c1C. The number of rotatable bonds is 4. The van der Waals surface area contributed by atoms with Crippen molar-refractivity contribution in [3.05, 3.63) is 51.0 Å². The molecule has 1 aromatic heterocycles. The fourth-order valence-electron chi connectivity index (χ4n) is 2.31. The van der Waals surface area contributed by atoms with E-state index in [4.69, 9.17) is 0 Å². The maximum Gasteiger partial charge on any atom is 0.166 e. The van der Waals surface area contributed by atoms with E-state index in [2.05, 4.69) is 21.0 Å². The Morgan fingerprint density at radius 3 is 2.65 bits per heavy atom. The Bertz CT molecular complexity index is 644. The van der Waals surface area contributed by atoms with Gasteiger partial charge in [0.1, 0.15) is 5.82 Å². The summed E-state index contributed by atoms with van der Waals surface area (Å²) in [7, 11) is 0. The van der Waals surface area contributed by atoms with Crippen LogP contribution in [-0.4, -0.2) is 15.6 Å². The van der Waals surface area contributed by atoms with Gasteiger partial charge in [0.25, 0.3) is 0 Å². The number of aromatic nitrogens is 2. The van der Waals surface area contributed by atoms with Gasteiger partial charge < -0.3 is 0 Å². The summed E-state index contributed by atoms with van der Waals surface area (Å²) in [6.45, 7) is 5.98. The number of hydrogen-bond donors (Lipinski definition) is 0. The van der Waals surface area contributed by atoms with Crippen molar-refractivity contribution in [1.29, 1.82) is 0 Å². The maximum absolute atomic E-state index is 13.4. The zero-order valence-corrected chi connectivity index (χ0v) is 13.3. The summed E-state index contributed by atoms with van der Waals surface area (Å²) in [4.78, 5) is 11.9. The van der Waals surface area contributed by atoms with Crippen LogP contribution in [0.3, 0.4) is 0 Å². The molecule has 0 aliphatic rings. The number of ketones is 1. The van der Waals surface area contributed by atoms with Gasteiger partial charge in [-0.25, -0.2) is 4.39 Å². The normalized spacial score (nSPS) is 10.8. The first kappa shape index (κ1) is 14.9. The average Bonchev–Trinajstić information content (AvgIpc) is 2.62. The molecule has 0 amide bonds. The third-order valence-electron chi connectivity index (χ3n) is 3.24. The maximum atomic E-state index is 13.4. The molecule has 0 fully saturated rings. The van der Waals surface area contributed by atoms with Crippen molar-refractivity contribution < 1.29 is 9.18 Å². The number of carbonyl (C=O) groups excluding carboxylic acids is 1. The highest BCUT2D eigenvalue weighted by molar-refractivity contribution is 9.10. The molecule has 0 saturated carbocycles. The molecule has 1 heterocycles. The summed E-state index contributed by atoms with van der Waals surface area (Å²) in [5.41, 5.74) is 3.04. The minimum absolute atomic E-state index is 0.0895. The largest absolute Gasteiger partial charge is 0.294 e. The minimum atomic E-state index is -0.291. The van der Waals surface area contributed by atoms with Crippen molar-refractivity contribution >= 4 is 21.7 Å². The Morgan fingerprint density at radius 2 is 2.05 bits per heavy atom. The third-order valence-corrected chi connectivity index (χ3v) is 3.69. The van der Waals surface area contributed by atoms with E-state index in [-0.39, 0.29) is 11.6 Å². The molecule has 0 atom stereocenters. The molecule has 0 aliphatic carbocycles. The van der Waals surface area contributed by atoms with Gasteiger partial charge in [0.05, 0.1) is 17.8 Å². The van der Waals surface area contributed by atoms with Gasteiger partial charge in [0, 0.05) is 16.6 Å². The Kier molecular flexibility index (Phi) is 4.38. The predicted molar refractivity (Wildman–Crippen MR) is 79.5 cm³/mol. The van der Waals surface area contributed by atoms with E-state index in [0.717, 1.165) is 17.0 Å². The fourth-order valence-corrected chi connectivity index (χ4v) is 2.82. The lowest BCUT2D eigenvalue weighted by molar-refractivity contribution is 0.0987. The van der Waals surface area contributed by atoms with Crippen LogP contribution in [0, 0.1) is 19.7 Å². The molecule has 1 aromatic carbocycles. The molecule has 3 nitrogen and oxygen atoms in total. The highest BCUT2D eigenvalue weighted by Crippen LogP contribution is 2.19. The Hall–Kier alpha value is -1.49. The van der Waals surface area contributed by atoms with E-state index >= 15 is 0 Å². The summed E-state index contributed by atoms with van der Waals surface area (Å²) < 4.78 is 15.8. The van der Waals surface area contributed by atoms with Crippen LogP contribution in [0.15, 0.2) is 22.7 Å². The average molecular weight is 339 g/mol. The van der Waals surface area contributed by atoms with E-state index in [0.29, 0.717) is 23.0 Å². The van der Waals surface area contributed by atoms with Crippen LogP contribution in [0.4, 0.5) is 4.39 Å². The van der Waals surface area contributed by atoms with Crippen LogP contribution >= 0.6 is 15.9 Å². The molecule has 106 valence electrons. The first-order valence-corrected chi connectivity index (χ1v) is 7.23. The third kappa shape index (κ3) is 2.98. The highest BCUT2D eigenvalue weighted by Gasteiger charge is 2.17. The molecule has 0 spiro atoms. The Morgan fingerprint density at radius 1 is 1.35 bits per heavy atom. The molecule has 0 unspecified atom stereocenters. The highest BCUT2D eigenvalue weighted by atomic mass is 79.9. The molecule has 0 aliphatic heterocycles. The van der Waals surface area contributed by atoms with E-state index in [1.807, 2.05) is 26.8 Å². The van der Waals surface area contributed by atoms with Gasteiger partial charge in [-0.15, -0.1) is 0 Å². The van der Waals surface area contributed by atoms with Crippen molar-refractivity contribution in [3.8, 4) is 0 Å². The molecular formula is C15H16BrFN2O. The molecule has 2 aromatic rings. The van der Waals surface area contributed by atoms with Gasteiger partial charge in [-0.3, -0.25) is 9.48 Å². The standard InChI is InChI=1S/C15H16BrFN2O/c1-4-14(20)15-9(2)18-19(10(15)3)8-11-5-12(16)7-13(17)6-11/h5-7H,4,8H2,1-3H3. The molecule has 0 bridgehead atoms. The fraction of sp³-hybridized carbons (Fsp3) is 0.333. The Labute approximate surface area is 125 Å². The first-order valence-electron chi connectivity index (χ1n) is 6.44. The van der Waals surface area contributed by atoms with E-state index < -0.39 is 0 Å². The number of benzene rings is 1. The van der Waals surface area contributed by atoms with Crippen molar-refractivity contribution in [3.63, 3.8) is 0 Å². The molecule has 20 heavy (non-hydrogen) atoms. The minimum Gasteiger partial charge on any atom is -0.294 e. The topological polar surface area (TPSA) is 34.9 Å². The number of nitrogens with zero attached hydrogens (tertiary/aromatic N) is 2. The van der Waals surface area contributed by atoms with Crippen molar-refractivity contribution in [1.82, 2.24) is 9.78 Å². The van der Waals surface area contributed by atoms with Crippen molar-refractivity contribution in [2.75, 3.05) is 0 Å². The van der Waals surface area contributed by atoms with E-state index in [1.165, 1.54) is 12.1 Å². The van der Waals surface area contributed by atoms with Crippen molar-refractivity contribution in [2.24, 2.45) is 0 Å². The zero-order valence-electron chi connectivity index (χ0n) is 11.7. The predicted octanol–water partition coefficient (Wildman–Crippen LogP) is 4.04. The van der Waals surface area contributed by atoms with E-state index in [9.17, 15) is 9.18 Å². The molecule has 0 N–H and O–H groups in total. The summed E-state index contributed by atoms with van der Waals surface area (Å²) in [5, 5.41) is 4.39. The summed E-state index contributed by atoms with van der Waals surface area (Å²) in [6.07, 6.45) is 0.457. The van der Waals surface area contributed by atoms with E-state index in [1.54, 1.807) is 4.68 Å². The van der Waals surface area contributed by atoms with Gasteiger partial charge in [0.2, 0.25) is 0 Å². The number of halogens is 2. The van der Waals surface area contributed by atoms with Crippen LogP contribution in [-0.2, 0) is 6.54 Å². The smallest absolute Gasteiger partial charge is 0.166 e. The number of Topliss-reactive ketones (excluding diaryl/α,β-unsaturated/α-hetero) is 1. The summed E-state index contributed by atoms with van der Waals surface area (Å²) in [6, 6.07) is 4.74. The lowest BCUT2D eigenvalue weighted by Crippen LogP contribution is -2.06. The lowest BCUT2D eigenvalue weighted by Gasteiger charge is -2.06. The van der Waals surface area contributed by atoms with Crippen LogP contribution < -0.4 is 0 Å². The molecule has 0 saturated heterocycles. The quantitative estimate of drug-likeness (QED) is 0.788. The van der Waals surface area contributed by atoms with Crippen LogP contribution in [0.25, 0.3) is 0 Å². The molecular weight excluding hydrogens is 323 g/mol. The second-order valence-electron chi connectivity index (χ2n) is 4.76. The second-order valence-corrected chi connectivity index (χ2v) is 5.67. The van der Waals surface area contributed by atoms with Crippen LogP contribution in [0.2, 0.25) is 0 Å². The lowest BCUT2D eigenvalue weighted by atomic mass is 10.1. The monoisotopic (exact) mass is 338 g/mol. The summed E-state index contributed by atoms with van der Waals surface area (Å²) >= 11 is 3.28.